The van der Waals surface area contributed by atoms with Crippen LogP contribution in [0.5, 0.6) is 0 Å². The molecule has 0 bridgehead atoms. The van der Waals surface area contributed by atoms with Gasteiger partial charge in [-0.05, 0) is 25.0 Å². The van der Waals surface area contributed by atoms with Crippen molar-refractivity contribution >= 4 is 0 Å². The maximum atomic E-state index is 5.62. The van der Waals surface area contributed by atoms with Gasteiger partial charge in [-0.1, -0.05) is 18.7 Å². The average molecular weight is 194 g/mol. The van der Waals surface area contributed by atoms with Gasteiger partial charge in [0.05, 0.1) is 13.2 Å². The first-order valence-corrected chi connectivity index (χ1v) is 4.83. The lowest BCUT2D eigenvalue weighted by molar-refractivity contribution is -0.0112. The largest absolute Gasteiger partial charge is 0.367 e. The molecule has 0 fully saturated rings. The number of ether oxygens (including phenoxy) is 2. The zero-order valence-corrected chi connectivity index (χ0v) is 8.95. The Morgan fingerprint density at radius 2 is 2.57 bits per heavy atom. The second-order valence-corrected chi connectivity index (χ2v) is 3.59. The Hall–Kier alpha value is -0.860. The summed E-state index contributed by atoms with van der Waals surface area (Å²) in [6.07, 6.45) is 3.81. The van der Waals surface area contributed by atoms with Gasteiger partial charge in [-0.15, -0.1) is 6.58 Å². The number of hydrogen-bond acceptors (Lipinski definition) is 2. The fourth-order valence-electron chi connectivity index (χ4n) is 1.52. The summed E-state index contributed by atoms with van der Waals surface area (Å²) in [6.45, 7) is 12.8. The van der Waals surface area contributed by atoms with Gasteiger partial charge >= 0.3 is 0 Å². The summed E-state index contributed by atoms with van der Waals surface area (Å²) in [7, 11) is 0. The predicted molar refractivity (Wildman–Crippen MR) is 58.2 cm³/mol. The molecule has 0 aromatic carbocycles. The van der Waals surface area contributed by atoms with Gasteiger partial charge in [-0.3, -0.25) is 0 Å². The van der Waals surface area contributed by atoms with Crippen LogP contribution in [0.25, 0.3) is 0 Å². The van der Waals surface area contributed by atoms with Crippen LogP contribution < -0.4 is 0 Å². The SMILES string of the molecule is C=CCOC(C(=C)C)C1OCC=C1C. The van der Waals surface area contributed by atoms with Crippen molar-refractivity contribution in [2.75, 3.05) is 13.2 Å². The van der Waals surface area contributed by atoms with E-state index in [0.29, 0.717) is 13.2 Å². The van der Waals surface area contributed by atoms with Crippen LogP contribution in [0.2, 0.25) is 0 Å². The van der Waals surface area contributed by atoms with Crippen molar-refractivity contribution in [1.29, 1.82) is 0 Å². The minimum atomic E-state index is -0.0493. The highest BCUT2D eigenvalue weighted by Crippen LogP contribution is 2.23. The van der Waals surface area contributed by atoms with E-state index in [-0.39, 0.29) is 12.2 Å². The normalized spacial score (nSPS) is 23.0. The van der Waals surface area contributed by atoms with Crippen molar-refractivity contribution in [3.05, 3.63) is 36.5 Å². The van der Waals surface area contributed by atoms with E-state index in [1.54, 1.807) is 6.08 Å². The molecular formula is C12H18O2. The lowest BCUT2D eigenvalue weighted by atomic mass is 10.0. The molecule has 1 aliphatic rings. The monoisotopic (exact) mass is 194 g/mol. The maximum Gasteiger partial charge on any atom is 0.109 e. The molecule has 2 atom stereocenters. The van der Waals surface area contributed by atoms with Crippen molar-refractivity contribution in [1.82, 2.24) is 0 Å². The van der Waals surface area contributed by atoms with Gasteiger partial charge in [0.25, 0.3) is 0 Å². The van der Waals surface area contributed by atoms with Crippen molar-refractivity contribution in [3.63, 3.8) is 0 Å². The van der Waals surface area contributed by atoms with E-state index < -0.39 is 0 Å². The molecular weight excluding hydrogens is 176 g/mol. The van der Waals surface area contributed by atoms with Gasteiger partial charge in [0.15, 0.2) is 0 Å². The molecule has 14 heavy (non-hydrogen) atoms. The van der Waals surface area contributed by atoms with E-state index in [1.165, 1.54) is 5.57 Å². The molecule has 1 rings (SSSR count). The highest BCUT2D eigenvalue weighted by Gasteiger charge is 2.27. The van der Waals surface area contributed by atoms with Crippen molar-refractivity contribution in [2.45, 2.75) is 26.1 Å². The first-order chi connectivity index (χ1) is 6.66. The van der Waals surface area contributed by atoms with E-state index in [9.17, 15) is 0 Å². The molecule has 2 unspecified atom stereocenters. The second kappa shape index (κ2) is 5.13. The summed E-state index contributed by atoms with van der Waals surface area (Å²) in [5, 5.41) is 0. The second-order valence-electron chi connectivity index (χ2n) is 3.59. The first-order valence-electron chi connectivity index (χ1n) is 4.83. The van der Waals surface area contributed by atoms with E-state index in [4.69, 9.17) is 9.47 Å². The Bertz CT molecular complexity index is 253. The molecule has 0 aliphatic carbocycles. The molecule has 0 aromatic heterocycles. The highest BCUT2D eigenvalue weighted by molar-refractivity contribution is 5.18. The molecule has 0 amide bonds. The third kappa shape index (κ3) is 2.56. The van der Waals surface area contributed by atoms with Crippen LogP contribution in [0.15, 0.2) is 36.5 Å². The van der Waals surface area contributed by atoms with Crippen LogP contribution in [0.3, 0.4) is 0 Å². The molecule has 0 radical (unpaired) electrons. The molecule has 1 heterocycles. The summed E-state index contributed by atoms with van der Waals surface area (Å²) < 4.78 is 11.2. The Morgan fingerprint density at radius 1 is 1.86 bits per heavy atom. The van der Waals surface area contributed by atoms with Crippen LogP contribution in [-0.4, -0.2) is 25.4 Å². The summed E-state index contributed by atoms with van der Waals surface area (Å²) in [5.41, 5.74) is 2.22. The lowest BCUT2D eigenvalue weighted by Gasteiger charge is -2.24. The average Bonchev–Trinajstić information content (AvgIpc) is 2.52. The van der Waals surface area contributed by atoms with Crippen molar-refractivity contribution < 1.29 is 9.47 Å². The van der Waals surface area contributed by atoms with Gasteiger partial charge in [-0.25, -0.2) is 0 Å². The fraction of sp³-hybridized carbons (Fsp3) is 0.500. The van der Waals surface area contributed by atoms with Gasteiger partial charge in [0, 0.05) is 0 Å². The van der Waals surface area contributed by atoms with Gasteiger partial charge in [-0.2, -0.15) is 0 Å². The molecule has 0 aromatic rings. The van der Waals surface area contributed by atoms with Crippen LogP contribution in [0.4, 0.5) is 0 Å². The Kier molecular flexibility index (Phi) is 4.11. The minimum absolute atomic E-state index is 0.0347. The smallest absolute Gasteiger partial charge is 0.109 e. The molecule has 2 nitrogen and oxygen atoms in total. The Morgan fingerprint density at radius 3 is 3.00 bits per heavy atom. The number of hydrogen-bond donors (Lipinski definition) is 0. The molecule has 0 saturated carbocycles. The summed E-state index contributed by atoms with van der Waals surface area (Å²) in [6, 6.07) is 0. The van der Waals surface area contributed by atoms with Crippen molar-refractivity contribution in [2.24, 2.45) is 0 Å². The third-order valence-electron chi connectivity index (χ3n) is 2.28. The van der Waals surface area contributed by atoms with Gasteiger partial charge in [0.1, 0.15) is 12.2 Å². The lowest BCUT2D eigenvalue weighted by Crippen LogP contribution is -2.31. The molecule has 2 heteroatoms. The van der Waals surface area contributed by atoms with Crippen LogP contribution in [0.1, 0.15) is 13.8 Å². The van der Waals surface area contributed by atoms with Gasteiger partial charge in [0.2, 0.25) is 0 Å². The Balaban J connectivity index is 2.62. The van der Waals surface area contributed by atoms with E-state index >= 15 is 0 Å². The summed E-state index contributed by atoms with van der Waals surface area (Å²) in [4.78, 5) is 0. The van der Waals surface area contributed by atoms with Crippen LogP contribution in [0, 0.1) is 0 Å². The fourth-order valence-corrected chi connectivity index (χ4v) is 1.52. The molecule has 78 valence electrons. The maximum absolute atomic E-state index is 5.62. The summed E-state index contributed by atoms with van der Waals surface area (Å²) >= 11 is 0. The first kappa shape index (κ1) is 11.2. The van der Waals surface area contributed by atoms with E-state index in [1.807, 2.05) is 6.92 Å². The minimum Gasteiger partial charge on any atom is -0.367 e. The topological polar surface area (TPSA) is 18.5 Å². The van der Waals surface area contributed by atoms with E-state index in [2.05, 4.69) is 26.2 Å². The standard InChI is InChI=1S/C12H18O2/c1-5-7-13-11(9(2)3)12-10(4)6-8-14-12/h5-6,11-12H,1-2,7-8H2,3-4H3. The molecule has 1 aliphatic heterocycles. The highest BCUT2D eigenvalue weighted by atomic mass is 16.5. The third-order valence-corrected chi connectivity index (χ3v) is 2.28. The van der Waals surface area contributed by atoms with Crippen LogP contribution in [-0.2, 0) is 9.47 Å². The van der Waals surface area contributed by atoms with Crippen LogP contribution >= 0.6 is 0 Å². The van der Waals surface area contributed by atoms with Crippen molar-refractivity contribution in [3.8, 4) is 0 Å². The zero-order chi connectivity index (χ0) is 10.6. The predicted octanol–water partition coefficient (Wildman–Crippen LogP) is 2.48. The van der Waals surface area contributed by atoms with Gasteiger partial charge < -0.3 is 9.47 Å². The molecule has 0 saturated heterocycles. The quantitative estimate of drug-likeness (QED) is 0.626. The molecule has 0 spiro atoms. The number of rotatable bonds is 5. The molecule has 0 N–H and O–H groups in total. The zero-order valence-electron chi connectivity index (χ0n) is 8.95. The summed E-state index contributed by atoms with van der Waals surface area (Å²) in [5.74, 6) is 0. The van der Waals surface area contributed by atoms with E-state index in [0.717, 1.165) is 5.57 Å². The Labute approximate surface area is 85.9 Å².